The highest BCUT2D eigenvalue weighted by Crippen LogP contribution is 2.11. The Morgan fingerprint density at radius 1 is 1.11 bits per heavy atom. The van der Waals surface area contributed by atoms with E-state index in [9.17, 15) is 0 Å². The molecule has 0 atom stereocenters. The molecule has 0 aliphatic heterocycles. The lowest BCUT2D eigenvalue weighted by Gasteiger charge is -2.13. The molecule has 0 spiro atoms. The Labute approximate surface area is 178 Å². The number of para-hydroxylation sites is 2. The van der Waals surface area contributed by atoms with Crippen molar-refractivity contribution in [1.82, 2.24) is 20.6 Å². The zero-order chi connectivity index (χ0) is 18.4. The van der Waals surface area contributed by atoms with Crippen LogP contribution in [-0.4, -0.2) is 29.5 Å². The third-order valence-electron chi connectivity index (χ3n) is 4.49. The molecule has 0 aliphatic rings. The van der Waals surface area contributed by atoms with E-state index in [0.29, 0.717) is 0 Å². The molecule has 0 bridgehead atoms. The van der Waals surface area contributed by atoms with Gasteiger partial charge in [0.05, 0.1) is 11.0 Å². The lowest BCUT2D eigenvalue weighted by Crippen LogP contribution is -2.37. The number of rotatable bonds is 6. The summed E-state index contributed by atoms with van der Waals surface area (Å²) in [6.45, 7) is 5.89. The van der Waals surface area contributed by atoms with E-state index in [1.807, 2.05) is 18.2 Å². The van der Waals surface area contributed by atoms with Crippen LogP contribution in [-0.2, 0) is 13.0 Å². The normalized spacial score (nSPS) is 11.3. The van der Waals surface area contributed by atoms with Gasteiger partial charge in [0.2, 0.25) is 0 Å². The predicted octanol–water partition coefficient (Wildman–Crippen LogP) is 4.10. The van der Waals surface area contributed by atoms with Crippen LogP contribution < -0.4 is 10.6 Å². The Morgan fingerprint density at radius 3 is 2.67 bits per heavy atom. The second-order valence-electron chi connectivity index (χ2n) is 6.59. The van der Waals surface area contributed by atoms with Gasteiger partial charge in [-0.15, -0.1) is 24.0 Å². The first kappa shape index (κ1) is 21.2. The van der Waals surface area contributed by atoms with Crippen molar-refractivity contribution in [2.75, 3.05) is 13.6 Å². The maximum absolute atomic E-state index is 4.61. The van der Waals surface area contributed by atoms with E-state index in [4.69, 9.17) is 0 Å². The van der Waals surface area contributed by atoms with E-state index in [2.05, 4.69) is 63.7 Å². The Balaban J connectivity index is 0.00000261. The van der Waals surface area contributed by atoms with Crippen LogP contribution in [0.3, 0.4) is 0 Å². The number of aryl methyl sites for hydroxylation is 3. The number of nitrogens with zero attached hydrogens (tertiary/aromatic N) is 2. The second-order valence-corrected chi connectivity index (χ2v) is 6.59. The van der Waals surface area contributed by atoms with Crippen molar-refractivity contribution >= 4 is 41.0 Å². The highest BCUT2D eigenvalue weighted by atomic mass is 127. The van der Waals surface area contributed by atoms with Crippen molar-refractivity contribution in [3.63, 3.8) is 0 Å². The van der Waals surface area contributed by atoms with E-state index in [1.54, 1.807) is 7.05 Å². The average molecular weight is 477 g/mol. The summed E-state index contributed by atoms with van der Waals surface area (Å²) in [6, 6.07) is 14.7. The number of H-pyrrole nitrogens is 1. The van der Waals surface area contributed by atoms with Crippen LogP contribution in [0.1, 0.15) is 28.9 Å². The summed E-state index contributed by atoms with van der Waals surface area (Å²) in [5.41, 5.74) is 6.01. The van der Waals surface area contributed by atoms with Crippen molar-refractivity contribution in [3.8, 4) is 0 Å². The molecule has 2 aromatic carbocycles. The minimum absolute atomic E-state index is 0. The van der Waals surface area contributed by atoms with Gasteiger partial charge in [-0.25, -0.2) is 4.98 Å². The van der Waals surface area contributed by atoms with Gasteiger partial charge < -0.3 is 15.6 Å². The monoisotopic (exact) mass is 477 g/mol. The molecule has 27 heavy (non-hydrogen) atoms. The summed E-state index contributed by atoms with van der Waals surface area (Å²) in [5, 5.41) is 6.75. The number of fused-ring (bicyclic) bond motifs is 1. The standard InChI is InChI=1S/C21H27N5.HI/c1-15-10-11-17(16(2)13-15)14-24-21(22-3)23-12-6-9-20-25-18-7-4-5-8-19(18)26-20;/h4-5,7-8,10-11,13H,6,9,12,14H2,1-3H3,(H,25,26)(H2,22,23,24);1H. The lowest BCUT2D eigenvalue weighted by molar-refractivity contribution is 0.725. The van der Waals surface area contributed by atoms with Crippen LogP contribution in [0.5, 0.6) is 0 Å². The van der Waals surface area contributed by atoms with Gasteiger partial charge in [-0.05, 0) is 43.5 Å². The molecule has 1 heterocycles. The van der Waals surface area contributed by atoms with Gasteiger partial charge in [-0.3, -0.25) is 4.99 Å². The van der Waals surface area contributed by atoms with Crippen LogP contribution >= 0.6 is 24.0 Å². The number of hydrogen-bond donors (Lipinski definition) is 3. The van der Waals surface area contributed by atoms with E-state index in [-0.39, 0.29) is 24.0 Å². The molecular weight excluding hydrogens is 449 g/mol. The molecule has 5 nitrogen and oxygen atoms in total. The number of benzene rings is 2. The van der Waals surface area contributed by atoms with Gasteiger partial charge in [0.25, 0.3) is 0 Å². The van der Waals surface area contributed by atoms with Gasteiger partial charge >= 0.3 is 0 Å². The maximum Gasteiger partial charge on any atom is 0.191 e. The topological polar surface area (TPSA) is 65.1 Å². The van der Waals surface area contributed by atoms with Gasteiger partial charge in [-0.2, -0.15) is 0 Å². The molecule has 3 aromatic rings. The number of aliphatic imine (C=N–C) groups is 1. The minimum Gasteiger partial charge on any atom is -0.356 e. The molecule has 0 fully saturated rings. The van der Waals surface area contributed by atoms with Gasteiger partial charge in [0, 0.05) is 26.6 Å². The molecule has 0 saturated heterocycles. The Bertz CT molecular complexity index is 867. The first-order chi connectivity index (χ1) is 12.7. The number of nitrogens with one attached hydrogen (secondary N) is 3. The minimum atomic E-state index is 0. The highest BCUT2D eigenvalue weighted by Gasteiger charge is 2.03. The van der Waals surface area contributed by atoms with Gasteiger partial charge in [-0.1, -0.05) is 35.9 Å². The fourth-order valence-corrected chi connectivity index (χ4v) is 3.03. The Kier molecular flexibility index (Phi) is 8.09. The summed E-state index contributed by atoms with van der Waals surface area (Å²) in [4.78, 5) is 12.3. The molecule has 3 N–H and O–H groups in total. The SMILES string of the molecule is CN=C(NCCCc1nc2ccccc2[nH]1)NCc1ccc(C)cc1C.I. The highest BCUT2D eigenvalue weighted by molar-refractivity contribution is 14.0. The number of guanidine groups is 1. The van der Waals surface area contributed by atoms with Crippen molar-refractivity contribution in [3.05, 3.63) is 65.0 Å². The van der Waals surface area contributed by atoms with Crippen molar-refractivity contribution in [2.24, 2.45) is 4.99 Å². The maximum atomic E-state index is 4.61. The third-order valence-corrected chi connectivity index (χ3v) is 4.49. The number of aromatic amines is 1. The lowest BCUT2D eigenvalue weighted by atomic mass is 10.1. The molecule has 0 radical (unpaired) electrons. The zero-order valence-corrected chi connectivity index (χ0v) is 18.5. The Hall–Kier alpha value is -2.09. The van der Waals surface area contributed by atoms with Gasteiger partial charge in [0.15, 0.2) is 5.96 Å². The third kappa shape index (κ3) is 5.95. The molecule has 6 heteroatoms. The molecule has 0 aliphatic carbocycles. The first-order valence-corrected chi connectivity index (χ1v) is 9.10. The predicted molar refractivity (Wildman–Crippen MR) is 124 cm³/mol. The van der Waals surface area contributed by atoms with Crippen LogP contribution in [0.25, 0.3) is 11.0 Å². The van der Waals surface area contributed by atoms with E-state index >= 15 is 0 Å². The van der Waals surface area contributed by atoms with Gasteiger partial charge in [0.1, 0.15) is 5.82 Å². The van der Waals surface area contributed by atoms with E-state index in [1.165, 1.54) is 16.7 Å². The average Bonchev–Trinajstić information content (AvgIpc) is 3.05. The summed E-state index contributed by atoms with van der Waals surface area (Å²) in [6.07, 6.45) is 1.90. The van der Waals surface area contributed by atoms with Crippen LogP contribution in [0.4, 0.5) is 0 Å². The van der Waals surface area contributed by atoms with Crippen molar-refractivity contribution in [2.45, 2.75) is 33.2 Å². The van der Waals surface area contributed by atoms with Crippen molar-refractivity contribution < 1.29 is 0 Å². The van der Waals surface area contributed by atoms with E-state index in [0.717, 1.165) is 48.7 Å². The number of aromatic nitrogens is 2. The zero-order valence-electron chi connectivity index (χ0n) is 16.2. The fraction of sp³-hybridized carbons (Fsp3) is 0.333. The van der Waals surface area contributed by atoms with Crippen LogP contribution in [0.2, 0.25) is 0 Å². The Morgan fingerprint density at radius 2 is 1.93 bits per heavy atom. The summed E-state index contributed by atoms with van der Waals surface area (Å²) in [7, 11) is 1.80. The fourth-order valence-electron chi connectivity index (χ4n) is 3.03. The molecule has 0 unspecified atom stereocenters. The quantitative estimate of drug-likeness (QED) is 0.217. The smallest absolute Gasteiger partial charge is 0.191 e. The van der Waals surface area contributed by atoms with Crippen LogP contribution in [0, 0.1) is 13.8 Å². The molecule has 0 saturated carbocycles. The molecule has 3 rings (SSSR count). The number of halogens is 1. The second kappa shape index (κ2) is 10.3. The molecular formula is C21H28IN5. The largest absolute Gasteiger partial charge is 0.356 e. The van der Waals surface area contributed by atoms with E-state index < -0.39 is 0 Å². The number of hydrogen-bond acceptors (Lipinski definition) is 2. The molecule has 144 valence electrons. The summed E-state index contributed by atoms with van der Waals surface area (Å²) in [5.74, 6) is 1.86. The number of imidazole rings is 1. The molecule has 1 aromatic heterocycles. The summed E-state index contributed by atoms with van der Waals surface area (Å²) < 4.78 is 0. The summed E-state index contributed by atoms with van der Waals surface area (Å²) >= 11 is 0. The first-order valence-electron chi connectivity index (χ1n) is 9.10. The van der Waals surface area contributed by atoms with Crippen LogP contribution in [0.15, 0.2) is 47.5 Å². The van der Waals surface area contributed by atoms with Crippen molar-refractivity contribution in [1.29, 1.82) is 0 Å². The molecule has 0 amide bonds.